The van der Waals surface area contributed by atoms with E-state index in [1.807, 2.05) is 20.8 Å². The fourth-order valence-electron chi connectivity index (χ4n) is 2.08. The van der Waals surface area contributed by atoms with Crippen molar-refractivity contribution in [2.75, 3.05) is 18.5 Å². The van der Waals surface area contributed by atoms with Gasteiger partial charge in [-0.15, -0.1) is 5.10 Å². The molecule has 0 unspecified atom stereocenters. The number of H-pyrrole nitrogens is 1. The lowest BCUT2D eigenvalue weighted by molar-refractivity contribution is 0.318. The first-order valence-corrected chi connectivity index (χ1v) is 7.56. The van der Waals surface area contributed by atoms with Crippen LogP contribution in [0.3, 0.4) is 0 Å². The molecule has 0 spiro atoms. The lowest BCUT2D eigenvalue weighted by atomic mass is 9.93. The number of hydrogen-bond donors (Lipinski definition) is 2. The largest absolute Gasteiger partial charge is 0.475 e. The van der Waals surface area contributed by atoms with Crippen LogP contribution in [0.2, 0.25) is 0 Å². The summed E-state index contributed by atoms with van der Waals surface area (Å²) in [7, 11) is 0. The summed E-state index contributed by atoms with van der Waals surface area (Å²) in [6.07, 6.45) is 6.40. The Morgan fingerprint density at radius 1 is 1.33 bits per heavy atom. The summed E-state index contributed by atoms with van der Waals surface area (Å²) in [5, 5.41) is 9.61. The van der Waals surface area contributed by atoms with Gasteiger partial charge in [-0.25, -0.2) is 24.3 Å². The third-order valence-corrected chi connectivity index (χ3v) is 3.35. The van der Waals surface area contributed by atoms with Gasteiger partial charge in [-0.05, 0) is 0 Å². The number of nitrogens with one attached hydrogen (secondary N) is 2. The normalized spacial score (nSPS) is 11.6. The van der Waals surface area contributed by atoms with Crippen molar-refractivity contribution >= 4 is 11.5 Å². The molecule has 126 valence electrons. The molecule has 0 aromatic carbocycles. The van der Waals surface area contributed by atoms with Crippen LogP contribution in [-0.4, -0.2) is 42.7 Å². The number of ether oxygens (including phenoxy) is 1. The molecule has 0 saturated heterocycles. The summed E-state index contributed by atoms with van der Waals surface area (Å²) in [4.78, 5) is 24.4. The summed E-state index contributed by atoms with van der Waals surface area (Å²) >= 11 is 0. The Morgan fingerprint density at radius 3 is 2.88 bits per heavy atom. The van der Waals surface area contributed by atoms with Gasteiger partial charge in [-0.2, -0.15) is 0 Å². The standard InChI is InChI=1S/C15H19N7O2/c1-15(2,3)10-9-22-13(20-21-14(22)23)12(19-10)18-6-7-24-11-8-16-4-5-17-11/h4-5,8-9H,6-7H2,1-3H3,(H,18,19)(H,21,23). The quantitative estimate of drug-likeness (QED) is 0.672. The second-order valence-corrected chi connectivity index (χ2v) is 6.27. The Balaban J connectivity index is 1.77. The van der Waals surface area contributed by atoms with E-state index in [2.05, 4.69) is 30.5 Å². The molecular formula is C15H19N7O2. The maximum Gasteiger partial charge on any atom is 0.347 e. The minimum absolute atomic E-state index is 0.197. The molecule has 3 rings (SSSR count). The molecule has 3 heterocycles. The average Bonchev–Trinajstić information content (AvgIpc) is 2.93. The van der Waals surface area contributed by atoms with Crippen LogP contribution in [-0.2, 0) is 5.41 Å². The summed E-state index contributed by atoms with van der Waals surface area (Å²) in [5.41, 5.74) is 0.748. The zero-order valence-corrected chi connectivity index (χ0v) is 13.8. The summed E-state index contributed by atoms with van der Waals surface area (Å²) in [5.74, 6) is 0.986. The molecule has 3 aromatic heterocycles. The Bertz CT molecular complexity index is 880. The van der Waals surface area contributed by atoms with Gasteiger partial charge < -0.3 is 10.1 Å². The molecule has 2 N–H and O–H groups in total. The molecule has 0 fully saturated rings. The number of aromatic nitrogens is 6. The number of nitrogens with zero attached hydrogens (tertiary/aromatic N) is 5. The van der Waals surface area contributed by atoms with E-state index in [1.165, 1.54) is 4.40 Å². The fraction of sp³-hybridized carbons (Fsp3) is 0.400. The number of hydrogen-bond acceptors (Lipinski definition) is 7. The molecule has 0 aliphatic rings. The SMILES string of the molecule is CC(C)(C)c1cn2c(=O)[nH]nc2c(NCCOc2cnccn2)n1. The molecule has 0 radical (unpaired) electrons. The van der Waals surface area contributed by atoms with Gasteiger partial charge in [-0.3, -0.25) is 4.98 Å². The molecule has 3 aromatic rings. The van der Waals surface area contributed by atoms with Crippen molar-refractivity contribution in [1.82, 2.24) is 29.5 Å². The van der Waals surface area contributed by atoms with Crippen molar-refractivity contribution < 1.29 is 4.74 Å². The van der Waals surface area contributed by atoms with E-state index in [1.54, 1.807) is 24.8 Å². The van der Waals surface area contributed by atoms with Crippen molar-refractivity contribution in [2.45, 2.75) is 26.2 Å². The van der Waals surface area contributed by atoms with Crippen LogP contribution < -0.4 is 15.7 Å². The molecule has 0 aliphatic heterocycles. The predicted molar refractivity (Wildman–Crippen MR) is 88.3 cm³/mol. The fourth-order valence-corrected chi connectivity index (χ4v) is 2.08. The molecule has 0 aliphatic carbocycles. The van der Waals surface area contributed by atoms with Gasteiger partial charge in [0.25, 0.3) is 0 Å². The van der Waals surface area contributed by atoms with Gasteiger partial charge >= 0.3 is 5.69 Å². The molecule has 0 atom stereocenters. The average molecular weight is 329 g/mol. The number of rotatable bonds is 5. The Morgan fingerprint density at radius 2 is 2.17 bits per heavy atom. The van der Waals surface area contributed by atoms with E-state index in [0.717, 1.165) is 5.69 Å². The van der Waals surface area contributed by atoms with Gasteiger partial charge in [0, 0.05) is 24.0 Å². The number of fused-ring (bicyclic) bond motifs is 1. The van der Waals surface area contributed by atoms with Crippen LogP contribution in [0.25, 0.3) is 5.65 Å². The highest BCUT2D eigenvalue weighted by atomic mass is 16.5. The first kappa shape index (κ1) is 15.9. The van der Waals surface area contributed by atoms with E-state index in [-0.39, 0.29) is 11.1 Å². The van der Waals surface area contributed by atoms with Crippen molar-refractivity contribution in [1.29, 1.82) is 0 Å². The zero-order chi connectivity index (χ0) is 17.2. The Kier molecular flexibility index (Phi) is 4.15. The van der Waals surface area contributed by atoms with Crippen molar-refractivity contribution in [3.8, 4) is 5.88 Å². The topological polar surface area (TPSA) is 110 Å². The summed E-state index contributed by atoms with van der Waals surface area (Å²) in [6.45, 7) is 6.96. The molecule has 0 amide bonds. The maximum absolute atomic E-state index is 11.9. The van der Waals surface area contributed by atoms with Crippen molar-refractivity contribution in [2.24, 2.45) is 0 Å². The first-order chi connectivity index (χ1) is 11.4. The third-order valence-electron chi connectivity index (χ3n) is 3.35. The second-order valence-electron chi connectivity index (χ2n) is 6.27. The van der Waals surface area contributed by atoms with Gasteiger partial charge in [0.2, 0.25) is 11.5 Å². The molecule has 0 saturated carbocycles. The van der Waals surface area contributed by atoms with E-state index in [9.17, 15) is 4.79 Å². The highest BCUT2D eigenvalue weighted by molar-refractivity contribution is 5.62. The number of aromatic amines is 1. The highest BCUT2D eigenvalue weighted by Gasteiger charge is 2.19. The lowest BCUT2D eigenvalue weighted by Crippen LogP contribution is -2.20. The minimum Gasteiger partial charge on any atom is -0.475 e. The minimum atomic E-state index is -0.295. The van der Waals surface area contributed by atoms with Crippen LogP contribution in [0.4, 0.5) is 5.82 Å². The van der Waals surface area contributed by atoms with E-state index >= 15 is 0 Å². The Labute approximate surface area is 138 Å². The Hall–Kier alpha value is -2.97. The van der Waals surface area contributed by atoms with Crippen molar-refractivity contribution in [3.05, 3.63) is 41.0 Å². The summed E-state index contributed by atoms with van der Waals surface area (Å²) < 4.78 is 6.94. The van der Waals surface area contributed by atoms with Crippen LogP contribution in [0.15, 0.2) is 29.6 Å². The second kappa shape index (κ2) is 6.26. The maximum atomic E-state index is 11.9. The molecule has 0 bridgehead atoms. The van der Waals surface area contributed by atoms with Gasteiger partial charge in [0.1, 0.15) is 6.61 Å². The molecule has 9 heteroatoms. The van der Waals surface area contributed by atoms with Gasteiger partial charge in [0.15, 0.2) is 5.82 Å². The van der Waals surface area contributed by atoms with Gasteiger partial charge in [0.05, 0.1) is 18.4 Å². The van der Waals surface area contributed by atoms with E-state index in [4.69, 9.17) is 4.74 Å². The van der Waals surface area contributed by atoms with E-state index < -0.39 is 0 Å². The molecule has 9 nitrogen and oxygen atoms in total. The zero-order valence-electron chi connectivity index (χ0n) is 13.8. The monoisotopic (exact) mass is 329 g/mol. The smallest absolute Gasteiger partial charge is 0.347 e. The van der Waals surface area contributed by atoms with E-state index in [0.29, 0.717) is 30.5 Å². The summed E-state index contributed by atoms with van der Waals surface area (Å²) in [6, 6.07) is 0. The predicted octanol–water partition coefficient (Wildman–Crippen LogP) is 0.996. The third kappa shape index (κ3) is 3.34. The van der Waals surface area contributed by atoms with Gasteiger partial charge in [-0.1, -0.05) is 20.8 Å². The molecular weight excluding hydrogens is 310 g/mol. The molecule has 24 heavy (non-hydrogen) atoms. The van der Waals surface area contributed by atoms with Crippen molar-refractivity contribution in [3.63, 3.8) is 0 Å². The van der Waals surface area contributed by atoms with Crippen LogP contribution in [0.5, 0.6) is 5.88 Å². The van der Waals surface area contributed by atoms with Crippen LogP contribution in [0, 0.1) is 0 Å². The first-order valence-electron chi connectivity index (χ1n) is 7.56. The highest BCUT2D eigenvalue weighted by Crippen LogP contribution is 2.22. The number of anilines is 1. The lowest BCUT2D eigenvalue weighted by Gasteiger charge is -2.19. The van der Waals surface area contributed by atoms with Crippen LogP contribution >= 0.6 is 0 Å². The van der Waals surface area contributed by atoms with Crippen LogP contribution in [0.1, 0.15) is 26.5 Å².